The van der Waals surface area contributed by atoms with Crippen LogP contribution in [0.15, 0.2) is 77.7 Å². The largest absolute Gasteiger partial charge is 0.497 e. The lowest BCUT2D eigenvalue weighted by Crippen LogP contribution is -2.25. The molecule has 3 heterocycles. The fourth-order valence-electron chi connectivity index (χ4n) is 3.45. The van der Waals surface area contributed by atoms with Gasteiger partial charge in [-0.3, -0.25) is 9.78 Å². The quantitative estimate of drug-likeness (QED) is 0.389. The molecule has 0 atom stereocenters. The van der Waals surface area contributed by atoms with Crippen LogP contribution in [-0.4, -0.2) is 28.5 Å². The summed E-state index contributed by atoms with van der Waals surface area (Å²) in [5.74, 6) is 1.45. The fourth-order valence-corrected chi connectivity index (χ4v) is 4.47. The smallest absolute Gasteiger partial charge is 0.266 e. The zero-order valence-electron chi connectivity index (χ0n) is 16.8. The summed E-state index contributed by atoms with van der Waals surface area (Å²) in [5, 5.41) is 6.62. The molecule has 0 fully saturated rings. The number of hydrogen-bond acceptors (Lipinski definition) is 6. The van der Waals surface area contributed by atoms with Crippen molar-refractivity contribution in [2.75, 3.05) is 13.7 Å². The molecule has 3 aromatic heterocycles. The minimum absolute atomic E-state index is 0.155. The first-order chi connectivity index (χ1) is 15.2. The van der Waals surface area contributed by atoms with E-state index in [1.807, 2.05) is 36.4 Å². The van der Waals surface area contributed by atoms with Crippen LogP contribution in [0.4, 0.5) is 0 Å². The van der Waals surface area contributed by atoms with Gasteiger partial charge < -0.3 is 9.47 Å². The van der Waals surface area contributed by atoms with Crippen molar-refractivity contribution in [3.63, 3.8) is 0 Å². The van der Waals surface area contributed by atoms with Gasteiger partial charge in [-0.15, -0.1) is 11.3 Å². The third kappa shape index (κ3) is 3.87. The molecule has 154 valence electrons. The molecule has 0 radical (unpaired) electrons. The highest BCUT2D eigenvalue weighted by molar-refractivity contribution is 7.22. The number of fused-ring (bicyclic) bond motifs is 2. The van der Waals surface area contributed by atoms with Crippen molar-refractivity contribution in [3.05, 3.63) is 83.3 Å². The van der Waals surface area contributed by atoms with E-state index in [0.717, 1.165) is 27.2 Å². The molecule has 0 saturated carbocycles. The molecule has 0 aliphatic carbocycles. The summed E-state index contributed by atoms with van der Waals surface area (Å²) in [5.41, 5.74) is 1.42. The maximum atomic E-state index is 12.3. The van der Waals surface area contributed by atoms with Crippen molar-refractivity contribution in [1.29, 1.82) is 0 Å². The Balaban J connectivity index is 1.36. The van der Waals surface area contributed by atoms with Gasteiger partial charge in [0.1, 0.15) is 23.8 Å². The monoisotopic (exact) mass is 429 g/mol. The van der Waals surface area contributed by atoms with Crippen LogP contribution in [0.1, 0.15) is 0 Å². The van der Waals surface area contributed by atoms with Crippen molar-refractivity contribution in [2.24, 2.45) is 0 Å². The van der Waals surface area contributed by atoms with Crippen LogP contribution in [0, 0.1) is 0 Å². The molecule has 0 N–H and O–H groups in total. The van der Waals surface area contributed by atoms with Gasteiger partial charge in [-0.1, -0.05) is 18.2 Å². The zero-order valence-corrected chi connectivity index (χ0v) is 17.6. The van der Waals surface area contributed by atoms with Crippen LogP contribution in [-0.2, 0) is 6.54 Å². The predicted octanol–water partition coefficient (Wildman–Crippen LogP) is 4.76. The van der Waals surface area contributed by atoms with Crippen LogP contribution in [0.2, 0.25) is 0 Å². The lowest BCUT2D eigenvalue weighted by atomic mass is 10.2. The number of benzene rings is 2. The lowest BCUT2D eigenvalue weighted by molar-refractivity contribution is 0.291. The number of pyridine rings is 1. The Morgan fingerprint density at radius 3 is 2.81 bits per heavy atom. The van der Waals surface area contributed by atoms with Gasteiger partial charge in [-0.05, 0) is 41.8 Å². The number of ether oxygens (including phenoxy) is 2. The molecule has 7 heteroatoms. The number of rotatable bonds is 6. The van der Waals surface area contributed by atoms with Gasteiger partial charge in [0.05, 0.1) is 24.0 Å². The molecule has 2 aromatic carbocycles. The van der Waals surface area contributed by atoms with Gasteiger partial charge in [0.15, 0.2) is 0 Å². The van der Waals surface area contributed by atoms with Crippen molar-refractivity contribution in [1.82, 2.24) is 14.8 Å². The first-order valence-corrected chi connectivity index (χ1v) is 10.7. The lowest BCUT2D eigenvalue weighted by Gasteiger charge is -2.11. The Morgan fingerprint density at radius 1 is 1.03 bits per heavy atom. The topological polar surface area (TPSA) is 66.2 Å². The molecular formula is C24H19N3O3S. The van der Waals surface area contributed by atoms with Gasteiger partial charge in [0.25, 0.3) is 5.56 Å². The van der Waals surface area contributed by atoms with E-state index in [1.165, 1.54) is 14.8 Å². The minimum Gasteiger partial charge on any atom is -0.497 e. The molecule has 5 rings (SSSR count). The highest BCUT2D eigenvalue weighted by atomic mass is 32.1. The summed E-state index contributed by atoms with van der Waals surface area (Å²) in [7, 11) is 1.62. The van der Waals surface area contributed by atoms with E-state index in [2.05, 4.69) is 28.3 Å². The van der Waals surface area contributed by atoms with Gasteiger partial charge in [-0.2, -0.15) is 5.10 Å². The normalized spacial score (nSPS) is 11.1. The molecule has 5 aromatic rings. The van der Waals surface area contributed by atoms with Gasteiger partial charge in [0, 0.05) is 28.4 Å². The second-order valence-corrected chi connectivity index (χ2v) is 8.05. The summed E-state index contributed by atoms with van der Waals surface area (Å²) in [6.45, 7) is 0.658. The van der Waals surface area contributed by atoms with Crippen molar-refractivity contribution < 1.29 is 9.47 Å². The number of aromatic nitrogens is 3. The van der Waals surface area contributed by atoms with E-state index < -0.39 is 0 Å². The van der Waals surface area contributed by atoms with E-state index in [4.69, 9.17) is 9.47 Å². The van der Waals surface area contributed by atoms with Crippen LogP contribution in [0.25, 0.3) is 31.6 Å². The first kappa shape index (κ1) is 19.3. The van der Waals surface area contributed by atoms with E-state index in [1.54, 1.807) is 36.8 Å². The van der Waals surface area contributed by atoms with Gasteiger partial charge in [0.2, 0.25) is 0 Å². The molecule has 31 heavy (non-hydrogen) atoms. The molecule has 6 nitrogen and oxygen atoms in total. The molecule has 0 bridgehead atoms. The molecule has 0 aliphatic rings. The number of nitrogens with zero attached hydrogens (tertiary/aromatic N) is 3. The highest BCUT2D eigenvalue weighted by Gasteiger charge is 2.09. The molecule has 0 saturated heterocycles. The van der Waals surface area contributed by atoms with Crippen LogP contribution in [0.5, 0.6) is 11.5 Å². The summed E-state index contributed by atoms with van der Waals surface area (Å²) in [4.78, 5) is 17.7. The van der Waals surface area contributed by atoms with E-state index in [9.17, 15) is 4.79 Å². The second-order valence-electron chi connectivity index (χ2n) is 6.97. The average molecular weight is 430 g/mol. The Hall–Kier alpha value is -3.71. The highest BCUT2D eigenvalue weighted by Crippen LogP contribution is 2.32. The van der Waals surface area contributed by atoms with E-state index in [-0.39, 0.29) is 5.56 Å². The van der Waals surface area contributed by atoms with E-state index in [0.29, 0.717) is 18.9 Å². The molecule has 0 spiro atoms. The van der Waals surface area contributed by atoms with Crippen molar-refractivity contribution in [2.45, 2.75) is 6.54 Å². The zero-order chi connectivity index (χ0) is 21.2. The summed E-state index contributed by atoms with van der Waals surface area (Å²) in [6.07, 6.45) is 1.70. The van der Waals surface area contributed by atoms with Crippen molar-refractivity contribution in [3.8, 4) is 22.1 Å². The second kappa shape index (κ2) is 8.20. The number of thiophene rings is 1. The molecular weight excluding hydrogens is 410 g/mol. The van der Waals surface area contributed by atoms with Crippen molar-refractivity contribution >= 4 is 32.3 Å². The average Bonchev–Trinajstić information content (AvgIpc) is 3.24. The maximum Gasteiger partial charge on any atom is 0.266 e. The standard InChI is InChI=1S/C24H19N3O3S/c1-29-17-6-7-18-20(15-17)25-11-10-21(18)30-13-12-27-24(28)9-8-19(26-27)23-14-16-4-2-3-5-22(16)31-23/h2-11,14-15H,12-13H2,1H3. The van der Waals surface area contributed by atoms with E-state index >= 15 is 0 Å². The number of hydrogen-bond donors (Lipinski definition) is 0. The molecule has 0 amide bonds. The third-order valence-electron chi connectivity index (χ3n) is 5.02. The molecule has 0 aliphatic heterocycles. The Kier molecular flexibility index (Phi) is 5.09. The SMILES string of the molecule is COc1ccc2c(OCCn3nc(-c4cc5ccccc5s4)ccc3=O)ccnc2c1. The Bertz CT molecular complexity index is 1410. The fraction of sp³-hybridized carbons (Fsp3) is 0.125. The van der Waals surface area contributed by atoms with Crippen LogP contribution < -0.4 is 15.0 Å². The third-order valence-corrected chi connectivity index (χ3v) is 6.15. The number of methoxy groups -OCH3 is 1. The maximum absolute atomic E-state index is 12.3. The predicted molar refractivity (Wildman–Crippen MR) is 123 cm³/mol. The Morgan fingerprint density at radius 2 is 1.94 bits per heavy atom. The van der Waals surface area contributed by atoms with Gasteiger partial charge in [-0.25, -0.2) is 4.68 Å². The van der Waals surface area contributed by atoms with Crippen LogP contribution in [0.3, 0.4) is 0 Å². The summed E-state index contributed by atoms with van der Waals surface area (Å²) in [6, 6.07) is 21.1. The molecule has 0 unspecified atom stereocenters. The first-order valence-electron chi connectivity index (χ1n) is 9.84. The van der Waals surface area contributed by atoms with Crippen LogP contribution >= 0.6 is 11.3 Å². The summed E-state index contributed by atoms with van der Waals surface area (Å²) >= 11 is 1.66. The van der Waals surface area contributed by atoms with Gasteiger partial charge >= 0.3 is 0 Å². The summed E-state index contributed by atoms with van der Waals surface area (Å²) < 4.78 is 13.9. The Labute approximate surface area is 182 Å². The minimum atomic E-state index is -0.155.